The molecule has 0 aromatic heterocycles. The zero-order valence-electron chi connectivity index (χ0n) is 15.5. The molecule has 0 heterocycles. The maximum Gasteiger partial charge on any atom is 0.119 e. The highest BCUT2D eigenvalue weighted by molar-refractivity contribution is 5.46. The Hall–Kier alpha value is -2.20. The lowest BCUT2D eigenvalue weighted by Crippen LogP contribution is -2.25. The molecule has 25 heavy (non-hydrogen) atoms. The first-order valence-electron chi connectivity index (χ1n) is 8.99. The molecule has 2 aromatic rings. The van der Waals surface area contributed by atoms with Crippen LogP contribution in [0, 0.1) is 6.92 Å². The largest absolute Gasteiger partial charge is 0.491 e. The van der Waals surface area contributed by atoms with E-state index in [1.807, 2.05) is 43.3 Å². The van der Waals surface area contributed by atoms with Gasteiger partial charge >= 0.3 is 0 Å². The van der Waals surface area contributed by atoms with E-state index in [0.717, 1.165) is 36.8 Å². The van der Waals surface area contributed by atoms with E-state index in [1.54, 1.807) is 0 Å². The molecule has 0 fully saturated rings. The van der Waals surface area contributed by atoms with E-state index < -0.39 is 0 Å². The second kappa shape index (κ2) is 10.6. The van der Waals surface area contributed by atoms with Crippen molar-refractivity contribution < 1.29 is 14.2 Å². The average Bonchev–Trinajstić information content (AvgIpc) is 2.65. The molecule has 4 heteroatoms. The first-order valence-corrected chi connectivity index (χ1v) is 8.99. The number of rotatable bonds is 11. The summed E-state index contributed by atoms with van der Waals surface area (Å²) in [6.45, 7) is 8.85. The molecule has 0 aliphatic rings. The Balaban J connectivity index is 1.77. The van der Waals surface area contributed by atoms with Gasteiger partial charge in [0.15, 0.2) is 0 Å². The van der Waals surface area contributed by atoms with Gasteiger partial charge in [-0.3, -0.25) is 0 Å². The summed E-state index contributed by atoms with van der Waals surface area (Å²) in [5.74, 6) is 1.77. The topological polar surface area (TPSA) is 39.7 Å². The van der Waals surface area contributed by atoms with Crippen molar-refractivity contribution in [3.05, 3.63) is 54.1 Å². The maximum absolute atomic E-state index is 6.04. The predicted molar refractivity (Wildman–Crippen MR) is 103 cm³/mol. The zero-order chi connectivity index (χ0) is 17.9. The van der Waals surface area contributed by atoms with Crippen LogP contribution in [-0.2, 0) is 4.74 Å². The lowest BCUT2D eigenvalue weighted by atomic mass is 10.2. The van der Waals surface area contributed by atoms with Gasteiger partial charge in [-0.1, -0.05) is 24.6 Å². The van der Waals surface area contributed by atoms with Crippen molar-refractivity contribution in [2.24, 2.45) is 0 Å². The van der Waals surface area contributed by atoms with Crippen molar-refractivity contribution in [2.45, 2.75) is 33.3 Å². The Morgan fingerprint density at radius 2 is 1.56 bits per heavy atom. The van der Waals surface area contributed by atoms with Crippen molar-refractivity contribution >= 4 is 5.69 Å². The lowest BCUT2D eigenvalue weighted by molar-refractivity contribution is 0.110. The molecule has 1 atom stereocenters. The summed E-state index contributed by atoms with van der Waals surface area (Å²) < 4.78 is 16.9. The molecule has 0 amide bonds. The SMILES string of the molecule is CCOCCOc1ccc(NCC(CC)Oc2ccc(C)cc2)cc1. The Kier molecular flexibility index (Phi) is 8.13. The van der Waals surface area contributed by atoms with Gasteiger partial charge in [0, 0.05) is 12.3 Å². The van der Waals surface area contributed by atoms with Crippen molar-refractivity contribution in [1.29, 1.82) is 0 Å². The van der Waals surface area contributed by atoms with Gasteiger partial charge in [-0.15, -0.1) is 0 Å². The Bertz CT molecular complexity index is 596. The first-order chi connectivity index (χ1) is 12.2. The van der Waals surface area contributed by atoms with Gasteiger partial charge in [-0.25, -0.2) is 0 Å². The molecule has 4 nitrogen and oxygen atoms in total. The normalized spacial score (nSPS) is 11.8. The standard InChI is InChI=1S/C21H29NO3/c1-4-19(25-21-10-6-17(3)7-11-21)16-22-18-8-12-20(13-9-18)24-15-14-23-5-2/h6-13,19,22H,4-5,14-16H2,1-3H3. The van der Waals surface area contributed by atoms with Gasteiger partial charge in [0.1, 0.15) is 24.2 Å². The molecule has 136 valence electrons. The minimum atomic E-state index is 0.129. The summed E-state index contributed by atoms with van der Waals surface area (Å²) in [4.78, 5) is 0. The van der Waals surface area contributed by atoms with E-state index in [-0.39, 0.29) is 6.10 Å². The second-order valence-electron chi connectivity index (χ2n) is 5.91. The van der Waals surface area contributed by atoms with E-state index in [9.17, 15) is 0 Å². The summed E-state index contributed by atoms with van der Waals surface area (Å²) >= 11 is 0. The molecule has 2 rings (SSSR count). The van der Waals surface area contributed by atoms with Crippen LogP contribution in [0.15, 0.2) is 48.5 Å². The minimum absolute atomic E-state index is 0.129. The second-order valence-corrected chi connectivity index (χ2v) is 5.91. The number of benzene rings is 2. The third-order valence-electron chi connectivity index (χ3n) is 3.87. The fraction of sp³-hybridized carbons (Fsp3) is 0.429. The molecule has 0 bridgehead atoms. The molecule has 0 saturated carbocycles. The maximum atomic E-state index is 6.04. The van der Waals surface area contributed by atoms with Gasteiger partial charge < -0.3 is 19.5 Å². The van der Waals surface area contributed by atoms with Crippen molar-refractivity contribution in [3.8, 4) is 11.5 Å². The summed E-state index contributed by atoms with van der Waals surface area (Å²) in [7, 11) is 0. The summed E-state index contributed by atoms with van der Waals surface area (Å²) in [5.41, 5.74) is 2.30. The van der Waals surface area contributed by atoms with Crippen LogP contribution < -0.4 is 14.8 Å². The van der Waals surface area contributed by atoms with Crippen LogP contribution in [0.4, 0.5) is 5.69 Å². The van der Waals surface area contributed by atoms with E-state index >= 15 is 0 Å². The quantitative estimate of drug-likeness (QED) is 0.601. The van der Waals surface area contributed by atoms with E-state index in [1.165, 1.54) is 5.56 Å². The third kappa shape index (κ3) is 7.06. The van der Waals surface area contributed by atoms with Gasteiger partial charge in [0.25, 0.3) is 0 Å². The van der Waals surface area contributed by atoms with Crippen LogP contribution in [0.2, 0.25) is 0 Å². The fourth-order valence-corrected chi connectivity index (χ4v) is 2.34. The predicted octanol–water partition coefficient (Wildman–Crippen LogP) is 4.68. The molecule has 0 aliphatic heterocycles. The number of hydrogen-bond acceptors (Lipinski definition) is 4. The van der Waals surface area contributed by atoms with Gasteiger partial charge in [0.05, 0.1) is 13.2 Å². The van der Waals surface area contributed by atoms with Crippen molar-refractivity contribution in [1.82, 2.24) is 0 Å². The van der Waals surface area contributed by atoms with Crippen LogP contribution in [0.1, 0.15) is 25.8 Å². The molecule has 1 unspecified atom stereocenters. The lowest BCUT2D eigenvalue weighted by Gasteiger charge is -2.19. The van der Waals surface area contributed by atoms with Crippen LogP contribution in [0.5, 0.6) is 11.5 Å². The molecule has 0 aliphatic carbocycles. The fourth-order valence-electron chi connectivity index (χ4n) is 2.34. The van der Waals surface area contributed by atoms with Crippen molar-refractivity contribution in [2.75, 3.05) is 31.7 Å². The summed E-state index contributed by atoms with van der Waals surface area (Å²) in [6, 6.07) is 16.2. The highest BCUT2D eigenvalue weighted by Gasteiger charge is 2.08. The molecule has 0 radical (unpaired) electrons. The monoisotopic (exact) mass is 343 g/mol. The molecular formula is C21H29NO3. The minimum Gasteiger partial charge on any atom is -0.491 e. The van der Waals surface area contributed by atoms with E-state index in [0.29, 0.717) is 13.2 Å². The van der Waals surface area contributed by atoms with Crippen LogP contribution in [0.3, 0.4) is 0 Å². The molecule has 1 N–H and O–H groups in total. The summed E-state index contributed by atoms with van der Waals surface area (Å²) in [6.07, 6.45) is 1.07. The van der Waals surface area contributed by atoms with Gasteiger partial charge in [-0.2, -0.15) is 0 Å². The van der Waals surface area contributed by atoms with Crippen LogP contribution in [0.25, 0.3) is 0 Å². The number of aryl methyl sites for hydroxylation is 1. The number of hydrogen-bond donors (Lipinski definition) is 1. The molecule has 0 saturated heterocycles. The molecule has 2 aromatic carbocycles. The van der Waals surface area contributed by atoms with Crippen LogP contribution >= 0.6 is 0 Å². The average molecular weight is 343 g/mol. The Labute approximate surface area is 151 Å². The number of anilines is 1. The van der Waals surface area contributed by atoms with Gasteiger partial charge in [-0.05, 0) is 56.7 Å². The Morgan fingerprint density at radius 3 is 2.20 bits per heavy atom. The first kappa shape index (κ1) is 19.1. The summed E-state index contributed by atoms with van der Waals surface area (Å²) in [5, 5.41) is 3.43. The highest BCUT2D eigenvalue weighted by Crippen LogP contribution is 2.18. The smallest absolute Gasteiger partial charge is 0.119 e. The zero-order valence-corrected chi connectivity index (χ0v) is 15.5. The van der Waals surface area contributed by atoms with Gasteiger partial charge in [0.2, 0.25) is 0 Å². The number of nitrogens with one attached hydrogen (secondary N) is 1. The highest BCUT2D eigenvalue weighted by atomic mass is 16.5. The Morgan fingerprint density at radius 1 is 0.880 bits per heavy atom. The number of ether oxygens (including phenoxy) is 3. The van der Waals surface area contributed by atoms with E-state index in [2.05, 4.69) is 31.3 Å². The van der Waals surface area contributed by atoms with Crippen molar-refractivity contribution in [3.63, 3.8) is 0 Å². The third-order valence-corrected chi connectivity index (χ3v) is 3.87. The van der Waals surface area contributed by atoms with Crippen LogP contribution in [-0.4, -0.2) is 32.5 Å². The molecular weight excluding hydrogens is 314 g/mol. The van der Waals surface area contributed by atoms with E-state index in [4.69, 9.17) is 14.2 Å². The molecule has 0 spiro atoms.